The minimum absolute atomic E-state index is 1.00. The fraction of sp³-hybridized carbons (Fsp3) is 1.00. The third-order valence-corrected chi connectivity index (χ3v) is 2.03. The molecule has 1 N–H and O–H groups in total. The van der Waals surface area contributed by atoms with Gasteiger partial charge in [0.25, 0.3) is 0 Å². The van der Waals surface area contributed by atoms with Gasteiger partial charge in [0.2, 0.25) is 0 Å². The zero-order valence-corrected chi connectivity index (χ0v) is 9.27. The lowest BCUT2D eigenvalue weighted by molar-refractivity contribution is 0.198. The van der Waals surface area contributed by atoms with Gasteiger partial charge in [-0.25, -0.2) is 0 Å². The summed E-state index contributed by atoms with van der Waals surface area (Å²) in [5.41, 5.74) is 0. The molecular weight excluding hydrogens is 162 g/mol. The van der Waals surface area contributed by atoms with E-state index in [2.05, 4.69) is 19.2 Å². The first kappa shape index (κ1) is 12.9. The Bertz CT molecular complexity index is 68.5. The van der Waals surface area contributed by atoms with Crippen LogP contribution in [0.5, 0.6) is 0 Å². The van der Waals surface area contributed by atoms with E-state index in [0.29, 0.717) is 0 Å². The van der Waals surface area contributed by atoms with E-state index in [1.807, 2.05) is 0 Å². The zero-order valence-electron chi connectivity index (χ0n) is 9.27. The number of nitrogens with one attached hydrogen (secondary N) is 1. The first-order valence-electron chi connectivity index (χ1n) is 5.70. The molecule has 1 heterocycles. The lowest BCUT2D eigenvalue weighted by atomic mass is 10.2. The molecule has 0 atom stereocenters. The van der Waals surface area contributed by atoms with Crippen LogP contribution in [0.15, 0.2) is 0 Å². The fourth-order valence-electron chi connectivity index (χ4n) is 1.19. The van der Waals surface area contributed by atoms with Crippen molar-refractivity contribution in [1.82, 2.24) is 5.32 Å². The van der Waals surface area contributed by atoms with Crippen molar-refractivity contribution in [2.75, 3.05) is 26.3 Å². The topological polar surface area (TPSA) is 21.3 Å². The van der Waals surface area contributed by atoms with Crippen LogP contribution in [-0.2, 0) is 4.74 Å². The Hall–Kier alpha value is -0.0800. The summed E-state index contributed by atoms with van der Waals surface area (Å²) in [6.45, 7) is 8.69. The summed E-state index contributed by atoms with van der Waals surface area (Å²) >= 11 is 0. The van der Waals surface area contributed by atoms with Gasteiger partial charge in [0, 0.05) is 13.2 Å². The second-order valence-corrected chi connectivity index (χ2v) is 3.38. The van der Waals surface area contributed by atoms with Crippen LogP contribution in [-0.4, -0.2) is 26.3 Å². The average Bonchev–Trinajstić information content (AvgIpc) is 2.70. The second-order valence-electron chi connectivity index (χ2n) is 3.38. The van der Waals surface area contributed by atoms with Crippen LogP contribution in [0.3, 0.4) is 0 Å². The number of rotatable bonds is 5. The molecular formula is C11H25NO. The van der Waals surface area contributed by atoms with E-state index in [-0.39, 0.29) is 0 Å². The summed E-state index contributed by atoms with van der Waals surface area (Å²) in [5.74, 6) is 0. The van der Waals surface area contributed by atoms with Crippen molar-refractivity contribution in [2.45, 2.75) is 46.0 Å². The molecule has 0 aromatic heterocycles. The maximum absolute atomic E-state index is 4.94. The lowest BCUT2D eigenvalue weighted by Gasteiger charge is -1.97. The van der Waals surface area contributed by atoms with Crippen LogP contribution >= 0.6 is 0 Å². The zero-order chi connectivity index (χ0) is 9.78. The van der Waals surface area contributed by atoms with E-state index in [4.69, 9.17) is 4.74 Å². The van der Waals surface area contributed by atoms with Gasteiger partial charge in [-0.05, 0) is 32.4 Å². The summed E-state index contributed by atoms with van der Waals surface area (Å²) < 4.78 is 4.94. The number of hydrogen-bond donors (Lipinski definition) is 1. The molecule has 1 aliphatic heterocycles. The van der Waals surface area contributed by atoms with Crippen molar-refractivity contribution < 1.29 is 4.74 Å². The third-order valence-electron chi connectivity index (χ3n) is 2.03. The van der Waals surface area contributed by atoms with Crippen LogP contribution in [0, 0.1) is 0 Å². The monoisotopic (exact) mass is 187 g/mol. The first-order valence-corrected chi connectivity index (χ1v) is 5.70. The molecule has 0 unspecified atom stereocenters. The molecule has 0 bridgehead atoms. The summed E-state index contributed by atoms with van der Waals surface area (Å²) in [6, 6.07) is 0. The quantitative estimate of drug-likeness (QED) is 0.668. The van der Waals surface area contributed by atoms with E-state index >= 15 is 0 Å². The van der Waals surface area contributed by atoms with Crippen molar-refractivity contribution in [3.8, 4) is 0 Å². The van der Waals surface area contributed by atoms with Gasteiger partial charge in [-0.3, -0.25) is 0 Å². The van der Waals surface area contributed by atoms with Gasteiger partial charge < -0.3 is 10.1 Å². The molecule has 0 spiro atoms. The number of unbranched alkanes of at least 4 members (excludes halogenated alkanes) is 2. The van der Waals surface area contributed by atoms with Crippen molar-refractivity contribution in [1.29, 1.82) is 0 Å². The maximum Gasteiger partial charge on any atom is 0.0466 e. The van der Waals surface area contributed by atoms with Gasteiger partial charge in [-0.2, -0.15) is 0 Å². The van der Waals surface area contributed by atoms with E-state index < -0.39 is 0 Å². The molecule has 1 fully saturated rings. The molecule has 0 saturated carbocycles. The van der Waals surface area contributed by atoms with Crippen molar-refractivity contribution in [3.05, 3.63) is 0 Å². The van der Waals surface area contributed by atoms with Crippen LogP contribution < -0.4 is 5.32 Å². The van der Waals surface area contributed by atoms with Crippen molar-refractivity contribution >= 4 is 0 Å². The van der Waals surface area contributed by atoms with Crippen LogP contribution in [0.2, 0.25) is 0 Å². The molecule has 0 radical (unpaired) electrons. The predicted molar refractivity (Wildman–Crippen MR) is 58.1 cm³/mol. The molecule has 2 nitrogen and oxygen atoms in total. The molecule has 0 aromatic carbocycles. The molecule has 0 aliphatic carbocycles. The molecule has 0 amide bonds. The molecule has 0 aromatic rings. The molecule has 1 saturated heterocycles. The van der Waals surface area contributed by atoms with Crippen LogP contribution in [0.25, 0.3) is 0 Å². The molecule has 2 heteroatoms. The summed E-state index contributed by atoms with van der Waals surface area (Å²) in [7, 11) is 0. The number of ether oxygens (including phenoxy) is 1. The van der Waals surface area contributed by atoms with E-state index in [0.717, 1.165) is 19.8 Å². The van der Waals surface area contributed by atoms with E-state index in [1.165, 1.54) is 38.6 Å². The Labute approximate surface area is 83.1 Å². The smallest absolute Gasteiger partial charge is 0.0466 e. The van der Waals surface area contributed by atoms with Crippen LogP contribution in [0.1, 0.15) is 46.0 Å². The highest BCUT2D eigenvalue weighted by atomic mass is 16.5. The summed E-state index contributed by atoms with van der Waals surface area (Å²) in [4.78, 5) is 0. The molecule has 1 aliphatic rings. The Balaban J connectivity index is 0.000000243. The first-order chi connectivity index (χ1) is 6.41. The van der Waals surface area contributed by atoms with E-state index in [9.17, 15) is 0 Å². The third kappa shape index (κ3) is 11.9. The number of hydrogen-bond acceptors (Lipinski definition) is 2. The van der Waals surface area contributed by atoms with Crippen molar-refractivity contribution in [2.24, 2.45) is 0 Å². The molecule has 80 valence electrons. The van der Waals surface area contributed by atoms with Gasteiger partial charge in [-0.15, -0.1) is 0 Å². The van der Waals surface area contributed by atoms with Gasteiger partial charge in [0.15, 0.2) is 0 Å². The highest BCUT2D eigenvalue weighted by Gasteiger charge is 1.94. The lowest BCUT2D eigenvalue weighted by Crippen LogP contribution is -2.13. The van der Waals surface area contributed by atoms with Gasteiger partial charge in [0.05, 0.1) is 0 Å². The summed E-state index contributed by atoms with van der Waals surface area (Å²) in [5, 5.41) is 3.28. The maximum atomic E-state index is 4.94. The van der Waals surface area contributed by atoms with Gasteiger partial charge in [0.1, 0.15) is 0 Å². The summed E-state index contributed by atoms with van der Waals surface area (Å²) in [6.07, 6.45) is 6.59. The van der Waals surface area contributed by atoms with Gasteiger partial charge in [-0.1, -0.05) is 26.7 Å². The fourth-order valence-corrected chi connectivity index (χ4v) is 1.19. The normalized spacial score (nSPS) is 15.2. The highest BCUT2D eigenvalue weighted by molar-refractivity contribution is 4.43. The minimum atomic E-state index is 1.00. The Kier molecular flexibility index (Phi) is 11.8. The largest absolute Gasteiger partial charge is 0.381 e. The second kappa shape index (κ2) is 11.9. The predicted octanol–water partition coefficient (Wildman–Crippen LogP) is 2.58. The van der Waals surface area contributed by atoms with Crippen molar-refractivity contribution in [3.63, 3.8) is 0 Å². The Morgan fingerprint density at radius 1 is 1.08 bits per heavy atom. The molecule has 13 heavy (non-hydrogen) atoms. The SMILES string of the molecule is C1CCOC1.CCCCCNCC. The average molecular weight is 187 g/mol. The van der Waals surface area contributed by atoms with E-state index in [1.54, 1.807) is 0 Å². The minimum Gasteiger partial charge on any atom is -0.381 e. The Morgan fingerprint density at radius 2 is 1.77 bits per heavy atom. The standard InChI is InChI=1S/C7H17N.C4H8O/c1-3-5-6-7-8-4-2;1-2-4-5-3-1/h8H,3-7H2,1-2H3;1-4H2. The Morgan fingerprint density at radius 3 is 2.15 bits per heavy atom. The van der Waals surface area contributed by atoms with Gasteiger partial charge >= 0.3 is 0 Å². The highest BCUT2D eigenvalue weighted by Crippen LogP contribution is 1.98. The van der Waals surface area contributed by atoms with Crippen LogP contribution in [0.4, 0.5) is 0 Å². The molecule has 1 rings (SSSR count).